The molecule has 0 fully saturated rings. The molecule has 0 bridgehead atoms. The van der Waals surface area contributed by atoms with Gasteiger partial charge < -0.3 is 4.90 Å². The fraction of sp³-hybridized carbons (Fsp3) is 0.0588. The second kappa shape index (κ2) is 16.7. The molecule has 10 aromatic rings. The smallest absolute Gasteiger partial charge is 0.0720 e. The van der Waals surface area contributed by atoms with E-state index in [1.165, 1.54) is 89.0 Å². The predicted octanol–water partition coefficient (Wildman–Crippen LogP) is 17.4. The van der Waals surface area contributed by atoms with Gasteiger partial charge in [-0.05, 0) is 144 Å². The zero-order chi connectivity index (χ0) is 45.8. The number of benzene rings is 10. The molecule has 13 rings (SSSR count). The third-order valence-corrected chi connectivity index (χ3v) is 15.1. The van der Waals surface area contributed by atoms with Crippen LogP contribution in [0.15, 0.2) is 279 Å². The normalized spacial score (nSPS) is 17.3. The van der Waals surface area contributed by atoms with Crippen LogP contribution in [0.1, 0.15) is 51.8 Å². The minimum Gasteiger partial charge on any atom is -0.311 e. The van der Waals surface area contributed by atoms with Crippen molar-refractivity contribution in [1.29, 1.82) is 0 Å². The molecule has 3 aliphatic carbocycles. The van der Waals surface area contributed by atoms with Gasteiger partial charge in [0.25, 0.3) is 0 Å². The molecule has 0 heterocycles. The van der Waals surface area contributed by atoms with Gasteiger partial charge in [0.2, 0.25) is 0 Å². The van der Waals surface area contributed by atoms with E-state index in [0.29, 0.717) is 0 Å². The Kier molecular flexibility index (Phi) is 9.84. The standard InChI is InChI=1S/C68H49N/c1-5-19-48(20-6-1)50-33-40-56(41-34-50)69(57-42-35-51(36-43-57)49-21-7-2-8-22-49)58-44-37-52(38-45-58)53-39-46-62-60(47-53)59-27-13-14-28-61(59)68(62)65-31-17-15-29-63(65)67(54-23-9-3-10-24-54,55-25-11-4-12-26-55)64-30-16-18-32-66(64)68/h1-3,5-11,13-47H,4,12H2. The number of anilines is 3. The molecule has 0 N–H and O–H groups in total. The minimum absolute atomic E-state index is 0.474. The molecule has 1 heteroatoms. The van der Waals surface area contributed by atoms with E-state index in [2.05, 4.69) is 278 Å². The van der Waals surface area contributed by atoms with Crippen molar-refractivity contribution in [3.05, 3.63) is 318 Å². The Morgan fingerprint density at radius 2 is 0.681 bits per heavy atom. The molecular formula is C68H49N. The van der Waals surface area contributed by atoms with Crippen LogP contribution < -0.4 is 4.90 Å². The largest absolute Gasteiger partial charge is 0.311 e. The summed E-state index contributed by atoms with van der Waals surface area (Å²) in [6, 6.07) is 94.6. The zero-order valence-corrected chi connectivity index (χ0v) is 38.3. The molecule has 0 amide bonds. The molecule has 0 aromatic heterocycles. The summed E-state index contributed by atoms with van der Waals surface area (Å²) in [6.45, 7) is 0. The van der Waals surface area contributed by atoms with Gasteiger partial charge in [-0.25, -0.2) is 0 Å². The van der Waals surface area contributed by atoms with Crippen LogP contribution in [0.3, 0.4) is 0 Å². The summed E-state index contributed by atoms with van der Waals surface area (Å²) < 4.78 is 0. The number of allylic oxidation sites excluding steroid dienone is 4. The highest BCUT2D eigenvalue weighted by molar-refractivity contribution is 5.92. The minimum atomic E-state index is -0.509. The lowest BCUT2D eigenvalue weighted by Gasteiger charge is -2.50. The maximum atomic E-state index is 2.50. The van der Waals surface area contributed by atoms with E-state index >= 15 is 0 Å². The highest BCUT2D eigenvalue weighted by Gasteiger charge is 2.56. The van der Waals surface area contributed by atoms with Gasteiger partial charge in [0.15, 0.2) is 0 Å². The summed E-state index contributed by atoms with van der Waals surface area (Å²) in [4.78, 5) is 2.36. The highest BCUT2D eigenvalue weighted by atomic mass is 15.1. The summed E-state index contributed by atoms with van der Waals surface area (Å²) in [6.07, 6.45) is 9.37. The molecule has 3 aliphatic rings. The fourth-order valence-corrected chi connectivity index (χ4v) is 12.1. The van der Waals surface area contributed by atoms with Crippen molar-refractivity contribution >= 4 is 17.1 Å². The summed E-state index contributed by atoms with van der Waals surface area (Å²) in [5, 5.41) is 0. The molecule has 0 radical (unpaired) electrons. The average molecular weight is 880 g/mol. The van der Waals surface area contributed by atoms with Crippen LogP contribution in [0, 0.1) is 0 Å². The van der Waals surface area contributed by atoms with Gasteiger partial charge in [-0.2, -0.15) is 0 Å². The van der Waals surface area contributed by atoms with E-state index < -0.39 is 10.8 Å². The second-order valence-electron chi connectivity index (χ2n) is 18.6. The Morgan fingerprint density at radius 1 is 0.290 bits per heavy atom. The van der Waals surface area contributed by atoms with Crippen molar-refractivity contribution in [1.82, 2.24) is 0 Å². The van der Waals surface area contributed by atoms with Crippen molar-refractivity contribution in [2.24, 2.45) is 0 Å². The van der Waals surface area contributed by atoms with Crippen molar-refractivity contribution in [2.45, 2.75) is 23.7 Å². The van der Waals surface area contributed by atoms with E-state index in [9.17, 15) is 0 Å². The van der Waals surface area contributed by atoms with Crippen molar-refractivity contribution in [3.8, 4) is 44.5 Å². The van der Waals surface area contributed by atoms with Gasteiger partial charge in [0, 0.05) is 17.1 Å². The van der Waals surface area contributed by atoms with Gasteiger partial charge >= 0.3 is 0 Å². The summed E-state index contributed by atoms with van der Waals surface area (Å²) in [7, 11) is 0. The zero-order valence-electron chi connectivity index (χ0n) is 38.3. The Balaban J connectivity index is 0.935. The summed E-state index contributed by atoms with van der Waals surface area (Å²) in [5.41, 5.74) is 22.9. The number of fused-ring (bicyclic) bond motifs is 9. The lowest BCUT2D eigenvalue weighted by Crippen LogP contribution is -2.45. The molecule has 1 spiro atoms. The van der Waals surface area contributed by atoms with Crippen molar-refractivity contribution in [2.75, 3.05) is 4.90 Å². The van der Waals surface area contributed by atoms with Gasteiger partial charge in [-0.15, -0.1) is 0 Å². The Labute approximate surface area is 405 Å². The van der Waals surface area contributed by atoms with Gasteiger partial charge in [0.05, 0.1) is 10.8 Å². The molecule has 0 unspecified atom stereocenters. The number of hydrogen-bond donors (Lipinski definition) is 0. The Morgan fingerprint density at radius 3 is 1.17 bits per heavy atom. The molecule has 10 aromatic carbocycles. The molecule has 0 saturated heterocycles. The highest BCUT2D eigenvalue weighted by Crippen LogP contribution is 2.65. The van der Waals surface area contributed by atoms with E-state index in [-0.39, 0.29) is 0 Å². The van der Waals surface area contributed by atoms with Gasteiger partial charge in [-0.3, -0.25) is 0 Å². The molecule has 0 aliphatic heterocycles. The van der Waals surface area contributed by atoms with E-state index in [4.69, 9.17) is 0 Å². The third-order valence-electron chi connectivity index (χ3n) is 15.1. The number of rotatable bonds is 8. The first-order valence-electron chi connectivity index (χ1n) is 24.3. The maximum Gasteiger partial charge on any atom is 0.0720 e. The first-order chi connectivity index (χ1) is 34.2. The van der Waals surface area contributed by atoms with Crippen LogP contribution >= 0.6 is 0 Å². The first kappa shape index (κ1) is 40.7. The second-order valence-corrected chi connectivity index (χ2v) is 18.6. The fourth-order valence-electron chi connectivity index (χ4n) is 12.1. The predicted molar refractivity (Wildman–Crippen MR) is 288 cm³/mol. The molecule has 69 heavy (non-hydrogen) atoms. The Bertz CT molecular complexity index is 3430. The van der Waals surface area contributed by atoms with Crippen LogP contribution in [0.4, 0.5) is 17.1 Å². The molecule has 326 valence electrons. The van der Waals surface area contributed by atoms with Crippen molar-refractivity contribution < 1.29 is 0 Å². The molecule has 1 nitrogen and oxygen atoms in total. The quantitative estimate of drug-likeness (QED) is 0.147. The lowest BCUT2D eigenvalue weighted by molar-refractivity contribution is 0.619. The average Bonchev–Trinajstić information content (AvgIpc) is 3.73. The first-order valence-corrected chi connectivity index (χ1v) is 24.3. The summed E-state index contributed by atoms with van der Waals surface area (Å²) >= 11 is 0. The van der Waals surface area contributed by atoms with Crippen LogP contribution in [0.2, 0.25) is 0 Å². The molecule has 0 atom stereocenters. The summed E-state index contributed by atoms with van der Waals surface area (Å²) in [5.74, 6) is 0. The topological polar surface area (TPSA) is 3.24 Å². The van der Waals surface area contributed by atoms with Gasteiger partial charge in [0.1, 0.15) is 0 Å². The van der Waals surface area contributed by atoms with Gasteiger partial charge in [-0.1, -0.05) is 231 Å². The molecule has 0 saturated carbocycles. The Hall–Kier alpha value is -8.52. The van der Waals surface area contributed by atoms with E-state index in [0.717, 1.165) is 29.9 Å². The SMILES string of the molecule is C1=CC(C2(c3ccccc3)c3ccccc3C3(c4ccccc4-c4cc(-c5ccc(N(c6ccc(-c7ccccc7)cc6)c6ccc(-c7ccccc7)cc6)cc5)ccc43)c3ccccc32)=CCC1. The maximum absolute atomic E-state index is 2.50. The third kappa shape index (κ3) is 6.38. The molecular weight excluding hydrogens is 831 g/mol. The number of nitrogens with zero attached hydrogens (tertiary/aromatic N) is 1. The van der Waals surface area contributed by atoms with Crippen LogP contribution in [0.5, 0.6) is 0 Å². The van der Waals surface area contributed by atoms with Crippen LogP contribution in [-0.4, -0.2) is 0 Å². The van der Waals surface area contributed by atoms with E-state index in [1.54, 1.807) is 0 Å². The lowest BCUT2D eigenvalue weighted by atomic mass is 9.51. The van der Waals surface area contributed by atoms with Crippen molar-refractivity contribution in [3.63, 3.8) is 0 Å². The van der Waals surface area contributed by atoms with E-state index in [1.807, 2.05) is 0 Å². The monoisotopic (exact) mass is 879 g/mol. The van der Waals surface area contributed by atoms with Crippen LogP contribution in [0.25, 0.3) is 44.5 Å². The van der Waals surface area contributed by atoms with Crippen LogP contribution in [-0.2, 0) is 10.8 Å². The number of hydrogen-bond acceptors (Lipinski definition) is 1.